The number of hydrogen-bond donors (Lipinski definition) is 0. The Kier molecular flexibility index (Phi) is 4.56. The van der Waals surface area contributed by atoms with Crippen LogP contribution in [0, 0.1) is 6.92 Å². The second kappa shape index (κ2) is 6.37. The Balaban J connectivity index is 1.93. The lowest BCUT2D eigenvalue weighted by atomic mass is 10.1. The smallest absolute Gasteiger partial charge is 0.305 e. The van der Waals surface area contributed by atoms with Gasteiger partial charge in [-0.1, -0.05) is 30.3 Å². The zero-order chi connectivity index (χ0) is 14.5. The van der Waals surface area contributed by atoms with E-state index in [0.29, 0.717) is 25.1 Å². The lowest BCUT2D eigenvalue weighted by Crippen LogP contribution is -2.27. The summed E-state index contributed by atoms with van der Waals surface area (Å²) in [5.74, 6) is -0.256. The Bertz CT molecular complexity index is 548. The average molecular weight is 273 g/mol. The van der Waals surface area contributed by atoms with Crippen LogP contribution < -0.4 is 0 Å². The molecule has 0 fully saturated rings. The van der Waals surface area contributed by atoms with Gasteiger partial charge in [0.1, 0.15) is 0 Å². The van der Waals surface area contributed by atoms with E-state index in [1.165, 1.54) is 12.7 Å². The number of methoxy groups -OCH3 is 1. The van der Waals surface area contributed by atoms with Crippen LogP contribution in [0.1, 0.15) is 24.0 Å². The van der Waals surface area contributed by atoms with Crippen molar-refractivity contribution in [1.82, 2.24) is 4.90 Å². The minimum atomic E-state index is -0.281. The first-order valence-electron chi connectivity index (χ1n) is 6.71. The Morgan fingerprint density at radius 3 is 2.80 bits per heavy atom. The summed E-state index contributed by atoms with van der Waals surface area (Å²) >= 11 is 0. The van der Waals surface area contributed by atoms with E-state index in [2.05, 4.69) is 4.74 Å². The molecule has 1 aliphatic rings. The normalized spacial score (nSPS) is 14.4. The van der Waals surface area contributed by atoms with Gasteiger partial charge in [0.15, 0.2) is 0 Å². The number of carbonyl (C=O) groups is 2. The van der Waals surface area contributed by atoms with Crippen LogP contribution in [0.2, 0.25) is 0 Å². The van der Waals surface area contributed by atoms with Crippen LogP contribution in [0.4, 0.5) is 0 Å². The SMILES string of the molecule is COC(=O)CCC1=CCN(Cc2ccccc2C)C1=O. The first kappa shape index (κ1) is 14.3. The van der Waals surface area contributed by atoms with Crippen molar-refractivity contribution in [1.29, 1.82) is 0 Å². The van der Waals surface area contributed by atoms with Gasteiger partial charge >= 0.3 is 5.97 Å². The first-order valence-corrected chi connectivity index (χ1v) is 6.71. The third-order valence-electron chi connectivity index (χ3n) is 3.57. The van der Waals surface area contributed by atoms with E-state index in [9.17, 15) is 9.59 Å². The fourth-order valence-electron chi connectivity index (χ4n) is 2.27. The number of ether oxygens (including phenoxy) is 1. The van der Waals surface area contributed by atoms with Crippen LogP contribution in [0.25, 0.3) is 0 Å². The summed E-state index contributed by atoms with van der Waals surface area (Å²) in [5.41, 5.74) is 3.05. The molecule has 0 N–H and O–H groups in total. The minimum absolute atomic E-state index is 0.0251. The van der Waals surface area contributed by atoms with E-state index in [0.717, 1.165) is 5.56 Å². The number of amides is 1. The molecule has 1 amide bonds. The average Bonchev–Trinajstić information content (AvgIpc) is 2.80. The third-order valence-corrected chi connectivity index (χ3v) is 3.57. The minimum Gasteiger partial charge on any atom is -0.469 e. The van der Waals surface area contributed by atoms with E-state index in [1.54, 1.807) is 4.90 Å². The van der Waals surface area contributed by atoms with Crippen molar-refractivity contribution in [3.63, 3.8) is 0 Å². The Labute approximate surface area is 119 Å². The van der Waals surface area contributed by atoms with Crippen LogP contribution in [-0.2, 0) is 20.9 Å². The standard InChI is InChI=1S/C16H19NO3/c1-12-5-3-4-6-14(12)11-17-10-9-13(16(17)19)7-8-15(18)20-2/h3-6,9H,7-8,10-11H2,1-2H3. The van der Waals surface area contributed by atoms with Crippen LogP contribution in [0.15, 0.2) is 35.9 Å². The van der Waals surface area contributed by atoms with E-state index < -0.39 is 0 Å². The van der Waals surface area contributed by atoms with Crippen molar-refractivity contribution in [3.05, 3.63) is 47.0 Å². The molecule has 0 saturated carbocycles. The highest BCUT2D eigenvalue weighted by molar-refractivity contribution is 5.96. The zero-order valence-corrected chi connectivity index (χ0v) is 11.9. The third kappa shape index (κ3) is 3.26. The van der Waals surface area contributed by atoms with Gasteiger partial charge in [0.25, 0.3) is 0 Å². The molecule has 2 rings (SSSR count). The maximum atomic E-state index is 12.2. The molecule has 0 spiro atoms. The molecule has 1 aromatic carbocycles. The summed E-state index contributed by atoms with van der Waals surface area (Å²) in [7, 11) is 1.36. The molecule has 4 heteroatoms. The summed E-state index contributed by atoms with van der Waals surface area (Å²) in [6.45, 7) is 3.27. The summed E-state index contributed by atoms with van der Waals surface area (Å²) in [4.78, 5) is 25.1. The monoisotopic (exact) mass is 273 g/mol. The number of aryl methyl sites for hydroxylation is 1. The number of nitrogens with zero attached hydrogens (tertiary/aromatic N) is 1. The molecule has 20 heavy (non-hydrogen) atoms. The van der Waals surface area contributed by atoms with Crippen molar-refractivity contribution in [3.8, 4) is 0 Å². The maximum absolute atomic E-state index is 12.2. The fraction of sp³-hybridized carbons (Fsp3) is 0.375. The fourth-order valence-corrected chi connectivity index (χ4v) is 2.27. The van der Waals surface area contributed by atoms with Crippen molar-refractivity contribution >= 4 is 11.9 Å². The van der Waals surface area contributed by atoms with Crippen LogP contribution in [0.3, 0.4) is 0 Å². The lowest BCUT2D eigenvalue weighted by Gasteiger charge is -2.18. The van der Waals surface area contributed by atoms with Crippen molar-refractivity contribution in [2.45, 2.75) is 26.3 Å². The van der Waals surface area contributed by atoms with E-state index in [1.807, 2.05) is 37.3 Å². The topological polar surface area (TPSA) is 46.6 Å². The summed E-state index contributed by atoms with van der Waals surface area (Å²) < 4.78 is 4.59. The van der Waals surface area contributed by atoms with E-state index in [4.69, 9.17) is 0 Å². The van der Waals surface area contributed by atoms with Gasteiger partial charge in [0.05, 0.1) is 7.11 Å². The van der Waals surface area contributed by atoms with Crippen LogP contribution >= 0.6 is 0 Å². The number of hydrogen-bond acceptors (Lipinski definition) is 3. The molecular formula is C16H19NO3. The molecule has 1 aromatic rings. The summed E-state index contributed by atoms with van der Waals surface area (Å²) in [5, 5.41) is 0. The molecule has 106 valence electrons. The van der Waals surface area contributed by atoms with Gasteiger partial charge in [0.2, 0.25) is 5.91 Å². The Morgan fingerprint density at radius 1 is 1.35 bits per heavy atom. The molecule has 0 saturated heterocycles. The van der Waals surface area contributed by atoms with Crippen LogP contribution in [-0.4, -0.2) is 30.4 Å². The predicted molar refractivity (Wildman–Crippen MR) is 75.9 cm³/mol. The van der Waals surface area contributed by atoms with Gasteiger partial charge in [-0.3, -0.25) is 9.59 Å². The predicted octanol–water partition coefficient (Wildman–Crippen LogP) is 2.22. The van der Waals surface area contributed by atoms with Gasteiger partial charge in [-0.15, -0.1) is 0 Å². The molecule has 0 atom stereocenters. The van der Waals surface area contributed by atoms with Crippen molar-refractivity contribution in [2.75, 3.05) is 13.7 Å². The van der Waals surface area contributed by atoms with Crippen LogP contribution in [0.5, 0.6) is 0 Å². The second-order valence-corrected chi connectivity index (χ2v) is 4.92. The highest BCUT2D eigenvalue weighted by atomic mass is 16.5. The Hall–Kier alpha value is -2.10. The van der Waals surface area contributed by atoms with Gasteiger partial charge in [-0.05, 0) is 24.5 Å². The summed E-state index contributed by atoms with van der Waals surface area (Å²) in [6.07, 6.45) is 2.62. The molecule has 0 aliphatic carbocycles. The lowest BCUT2D eigenvalue weighted by molar-refractivity contribution is -0.140. The molecule has 1 heterocycles. The Morgan fingerprint density at radius 2 is 2.10 bits per heavy atom. The molecule has 1 aliphatic heterocycles. The summed E-state index contributed by atoms with van der Waals surface area (Å²) in [6, 6.07) is 8.05. The molecule has 0 unspecified atom stereocenters. The number of rotatable bonds is 5. The van der Waals surface area contributed by atoms with Gasteiger partial charge < -0.3 is 9.64 Å². The molecular weight excluding hydrogens is 254 g/mol. The van der Waals surface area contributed by atoms with E-state index in [-0.39, 0.29) is 18.3 Å². The van der Waals surface area contributed by atoms with E-state index >= 15 is 0 Å². The highest BCUT2D eigenvalue weighted by Gasteiger charge is 2.24. The van der Waals surface area contributed by atoms with Crippen molar-refractivity contribution in [2.24, 2.45) is 0 Å². The number of benzene rings is 1. The number of esters is 1. The maximum Gasteiger partial charge on any atom is 0.305 e. The second-order valence-electron chi connectivity index (χ2n) is 4.92. The quantitative estimate of drug-likeness (QED) is 0.773. The van der Waals surface area contributed by atoms with Gasteiger partial charge in [-0.2, -0.15) is 0 Å². The number of carbonyl (C=O) groups excluding carboxylic acids is 2. The molecule has 0 radical (unpaired) electrons. The van der Waals surface area contributed by atoms with Gasteiger partial charge in [-0.25, -0.2) is 0 Å². The zero-order valence-electron chi connectivity index (χ0n) is 11.9. The first-order chi connectivity index (χ1) is 9.61. The highest BCUT2D eigenvalue weighted by Crippen LogP contribution is 2.20. The van der Waals surface area contributed by atoms with Gasteiger partial charge in [0, 0.05) is 25.1 Å². The van der Waals surface area contributed by atoms with Crippen molar-refractivity contribution < 1.29 is 14.3 Å². The largest absolute Gasteiger partial charge is 0.469 e. The molecule has 0 aromatic heterocycles. The molecule has 0 bridgehead atoms. The molecule has 4 nitrogen and oxygen atoms in total.